The first-order chi connectivity index (χ1) is 13.8. The summed E-state index contributed by atoms with van der Waals surface area (Å²) in [7, 11) is 0. The Balaban J connectivity index is 1.42. The first kappa shape index (κ1) is 18.2. The van der Waals surface area contributed by atoms with E-state index in [1.165, 1.54) is 61.4 Å². The molecule has 0 saturated carbocycles. The number of anilines is 1. The van der Waals surface area contributed by atoms with Gasteiger partial charge in [-0.15, -0.1) is 0 Å². The fourth-order valence-corrected chi connectivity index (χ4v) is 5.38. The molecule has 3 fully saturated rings. The third kappa shape index (κ3) is 3.46. The molecule has 3 aliphatic heterocycles. The molecule has 5 rings (SSSR count). The Morgan fingerprint density at radius 1 is 1.11 bits per heavy atom. The van der Waals surface area contributed by atoms with Crippen LogP contribution in [0, 0.1) is 11.8 Å². The number of rotatable bonds is 5. The van der Waals surface area contributed by atoms with Crippen LogP contribution in [0.3, 0.4) is 0 Å². The Hall–Kier alpha value is -1.85. The van der Waals surface area contributed by atoms with Crippen LogP contribution in [-0.4, -0.2) is 48.5 Å². The predicted molar refractivity (Wildman–Crippen MR) is 115 cm³/mol. The number of nitrogens with one attached hydrogen (secondary N) is 2. The van der Waals surface area contributed by atoms with Gasteiger partial charge in [-0.05, 0) is 81.8 Å². The lowest BCUT2D eigenvalue weighted by atomic mass is 9.90. The van der Waals surface area contributed by atoms with Gasteiger partial charge in [-0.3, -0.25) is 4.68 Å². The quantitative estimate of drug-likeness (QED) is 0.839. The van der Waals surface area contributed by atoms with Crippen LogP contribution in [0.1, 0.15) is 31.7 Å². The van der Waals surface area contributed by atoms with Gasteiger partial charge in [0.15, 0.2) is 0 Å². The van der Waals surface area contributed by atoms with Crippen LogP contribution in [0.15, 0.2) is 30.5 Å². The van der Waals surface area contributed by atoms with E-state index >= 15 is 0 Å². The molecule has 2 N–H and O–H groups in total. The highest BCUT2D eigenvalue weighted by atomic mass is 15.3. The minimum atomic E-state index is 0.568. The van der Waals surface area contributed by atoms with Gasteiger partial charge in [-0.25, -0.2) is 0 Å². The minimum Gasteiger partial charge on any atom is -0.372 e. The van der Waals surface area contributed by atoms with Crippen molar-refractivity contribution in [1.29, 1.82) is 0 Å². The molecule has 0 bridgehead atoms. The molecule has 5 nitrogen and oxygen atoms in total. The smallest absolute Gasteiger partial charge is 0.0956 e. The van der Waals surface area contributed by atoms with Gasteiger partial charge in [0.2, 0.25) is 0 Å². The van der Waals surface area contributed by atoms with Gasteiger partial charge in [0.05, 0.1) is 5.69 Å². The molecule has 3 saturated heterocycles. The summed E-state index contributed by atoms with van der Waals surface area (Å²) in [6, 6.07) is 9.64. The summed E-state index contributed by atoms with van der Waals surface area (Å²) in [5.74, 6) is 1.56. The van der Waals surface area contributed by atoms with E-state index in [9.17, 15) is 0 Å². The van der Waals surface area contributed by atoms with E-state index in [-0.39, 0.29) is 0 Å². The second kappa shape index (κ2) is 7.88. The van der Waals surface area contributed by atoms with E-state index in [2.05, 4.69) is 57.6 Å². The molecule has 28 heavy (non-hydrogen) atoms. The van der Waals surface area contributed by atoms with Gasteiger partial charge in [0.25, 0.3) is 0 Å². The third-order valence-electron chi connectivity index (χ3n) is 6.99. The maximum Gasteiger partial charge on any atom is 0.0956 e. The molecule has 0 spiro atoms. The van der Waals surface area contributed by atoms with Gasteiger partial charge < -0.3 is 15.5 Å². The number of hydrogen-bond donors (Lipinski definition) is 2. The number of aromatic nitrogens is 2. The summed E-state index contributed by atoms with van der Waals surface area (Å²) in [5.41, 5.74) is 5.19. The van der Waals surface area contributed by atoms with Crippen LogP contribution < -0.4 is 15.5 Å². The number of nitrogens with zero attached hydrogens (tertiary/aromatic N) is 3. The van der Waals surface area contributed by atoms with Crippen molar-refractivity contribution < 1.29 is 0 Å². The molecule has 4 heterocycles. The number of fused-ring (bicyclic) bond motifs is 1. The lowest BCUT2D eigenvalue weighted by molar-refractivity contribution is 0.435. The zero-order chi connectivity index (χ0) is 18.9. The summed E-state index contributed by atoms with van der Waals surface area (Å²) in [6.45, 7) is 8.95. The van der Waals surface area contributed by atoms with E-state index in [1.807, 2.05) is 0 Å². The molecule has 5 heteroatoms. The average molecular weight is 380 g/mol. The molecule has 1 aromatic heterocycles. The molecular weight excluding hydrogens is 346 g/mol. The van der Waals surface area contributed by atoms with Crippen LogP contribution in [0.25, 0.3) is 11.3 Å². The van der Waals surface area contributed by atoms with Gasteiger partial charge >= 0.3 is 0 Å². The van der Waals surface area contributed by atoms with E-state index in [4.69, 9.17) is 5.10 Å². The predicted octanol–water partition coefficient (Wildman–Crippen LogP) is 2.91. The maximum atomic E-state index is 4.97. The molecule has 2 aromatic rings. The van der Waals surface area contributed by atoms with Crippen LogP contribution in [-0.2, 0) is 13.0 Å². The Bertz CT molecular complexity index is 807. The fraction of sp³-hybridized carbons (Fsp3) is 0.609. The fourth-order valence-electron chi connectivity index (χ4n) is 5.38. The lowest BCUT2D eigenvalue weighted by Crippen LogP contribution is -2.32. The Morgan fingerprint density at radius 3 is 2.86 bits per heavy atom. The first-order valence-electron chi connectivity index (χ1n) is 11.2. The first-order valence-corrected chi connectivity index (χ1v) is 11.2. The molecule has 0 amide bonds. The zero-order valence-electron chi connectivity index (χ0n) is 17.0. The summed E-state index contributed by atoms with van der Waals surface area (Å²) in [4.78, 5) is 2.54. The highest BCUT2D eigenvalue weighted by Gasteiger charge is 2.39. The number of piperidine rings is 1. The summed E-state index contributed by atoms with van der Waals surface area (Å²) >= 11 is 0. The largest absolute Gasteiger partial charge is 0.372 e. The minimum absolute atomic E-state index is 0.568. The highest BCUT2D eigenvalue weighted by Crippen LogP contribution is 2.32. The van der Waals surface area contributed by atoms with Gasteiger partial charge in [-0.2, -0.15) is 5.10 Å². The highest BCUT2D eigenvalue weighted by molar-refractivity contribution is 5.68. The van der Waals surface area contributed by atoms with Crippen molar-refractivity contribution >= 4 is 5.69 Å². The van der Waals surface area contributed by atoms with Gasteiger partial charge in [0, 0.05) is 43.1 Å². The van der Waals surface area contributed by atoms with Crippen molar-refractivity contribution in [3.8, 4) is 11.3 Å². The third-order valence-corrected chi connectivity index (χ3v) is 6.99. The molecule has 3 aliphatic rings. The summed E-state index contributed by atoms with van der Waals surface area (Å²) < 4.78 is 2.11. The van der Waals surface area contributed by atoms with Crippen LogP contribution in [0.2, 0.25) is 0 Å². The molecule has 3 atom stereocenters. The van der Waals surface area contributed by atoms with Crippen molar-refractivity contribution in [2.45, 2.75) is 45.2 Å². The van der Waals surface area contributed by atoms with E-state index < -0.39 is 0 Å². The van der Waals surface area contributed by atoms with Crippen LogP contribution >= 0.6 is 0 Å². The van der Waals surface area contributed by atoms with E-state index in [1.54, 1.807) is 0 Å². The SMILES string of the molecule is CCn1cc(CC2NCC3CNCC32)c(-c2cccc(N3CCCCC3)c2)n1. The Kier molecular flexibility index (Phi) is 5.12. The molecule has 0 radical (unpaired) electrons. The monoisotopic (exact) mass is 379 g/mol. The number of hydrogen-bond acceptors (Lipinski definition) is 4. The zero-order valence-corrected chi connectivity index (χ0v) is 17.0. The average Bonchev–Trinajstić information content (AvgIpc) is 3.46. The van der Waals surface area contributed by atoms with Gasteiger partial charge in [0.1, 0.15) is 0 Å². The van der Waals surface area contributed by atoms with Crippen LogP contribution in [0.4, 0.5) is 5.69 Å². The van der Waals surface area contributed by atoms with Crippen molar-refractivity contribution in [3.63, 3.8) is 0 Å². The van der Waals surface area contributed by atoms with Crippen LogP contribution in [0.5, 0.6) is 0 Å². The number of benzene rings is 1. The van der Waals surface area contributed by atoms with Gasteiger partial charge in [-0.1, -0.05) is 12.1 Å². The van der Waals surface area contributed by atoms with Crippen molar-refractivity contribution in [2.24, 2.45) is 11.8 Å². The second-order valence-corrected chi connectivity index (χ2v) is 8.76. The van der Waals surface area contributed by atoms with Crippen molar-refractivity contribution in [3.05, 3.63) is 36.0 Å². The second-order valence-electron chi connectivity index (χ2n) is 8.76. The maximum absolute atomic E-state index is 4.97. The Labute approximate surface area is 168 Å². The van der Waals surface area contributed by atoms with E-state index in [0.29, 0.717) is 6.04 Å². The standard InChI is InChI=1S/C23H33N5/c1-2-28-16-18(12-22-21-15-24-13-19(21)14-25-22)23(26-28)17-7-6-8-20(11-17)27-9-4-3-5-10-27/h6-8,11,16,19,21-22,24-25H,2-5,9-10,12-15H2,1H3. The van der Waals surface area contributed by atoms with E-state index in [0.717, 1.165) is 37.9 Å². The number of aryl methyl sites for hydroxylation is 1. The summed E-state index contributed by atoms with van der Waals surface area (Å²) in [6.07, 6.45) is 7.34. The summed E-state index contributed by atoms with van der Waals surface area (Å²) in [5, 5.41) is 12.3. The topological polar surface area (TPSA) is 45.1 Å². The van der Waals surface area contributed by atoms with Crippen molar-refractivity contribution in [1.82, 2.24) is 20.4 Å². The molecule has 150 valence electrons. The Morgan fingerprint density at radius 2 is 2.00 bits per heavy atom. The molecule has 3 unspecified atom stereocenters. The molecule has 1 aromatic carbocycles. The molecule has 0 aliphatic carbocycles. The normalized spacial score (nSPS) is 27.3. The molecular formula is C23H33N5. The van der Waals surface area contributed by atoms with Crippen molar-refractivity contribution in [2.75, 3.05) is 37.6 Å². The lowest BCUT2D eigenvalue weighted by Gasteiger charge is -2.29.